The van der Waals surface area contributed by atoms with Crippen molar-refractivity contribution >= 4 is 46.0 Å². The zero-order valence-electron chi connectivity index (χ0n) is 12.9. The molecule has 6 heteroatoms. The van der Waals surface area contributed by atoms with Gasteiger partial charge in [0.15, 0.2) is 4.32 Å². The molecule has 3 rings (SSSR count). The van der Waals surface area contributed by atoms with E-state index in [0.29, 0.717) is 21.6 Å². The first-order valence-electron chi connectivity index (χ1n) is 7.36. The number of hydrogen-bond acceptors (Lipinski definition) is 4. The van der Waals surface area contributed by atoms with Crippen molar-refractivity contribution in [2.45, 2.75) is 6.92 Å². The van der Waals surface area contributed by atoms with Crippen molar-refractivity contribution in [3.8, 4) is 5.75 Å². The molecule has 2 aromatic rings. The predicted octanol–water partition coefficient (Wildman–Crippen LogP) is 4.63. The van der Waals surface area contributed by atoms with E-state index in [2.05, 4.69) is 0 Å². The maximum Gasteiger partial charge on any atom is 0.270 e. The van der Waals surface area contributed by atoms with Crippen molar-refractivity contribution in [2.75, 3.05) is 11.5 Å². The summed E-state index contributed by atoms with van der Waals surface area (Å²) in [6.07, 6.45) is 1.73. The van der Waals surface area contributed by atoms with Gasteiger partial charge in [-0.25, -0.2) is 4.39 Å². The number of carbonyl (C=O) groups excluding carboxylic acids is 1. The summed E-state index contributed by atoms with van der Waals surface area (Å²) >= 11 is 6.42. The van der Waals surface area contributed by atoms with Crippen LogP contribution in [-0.2, 0) is 4.79 Å². The Morgan fingerprint density at radius 2 is 1.92 bits per heavy atom. The van der Waals surface area contributed by atoms with E-state index in [9.17, 15) is 9.18 Å². The lowest BCUT2D eigenvalue weighted by molar-refractivity contribution is -0.113. The molecule has 3 nitrogen and oxygen atoms in total. The van der Waals surface area contributed by atoms with Crippen molar-refractivity contribution in [3.05, 3.63) is 64.8 Å². The van der Waals surface area contributed by atoms with E-state index in [4.69, 9.17) is 17.0 Å². The highest BCUT2D eigenvalue weighted by molar-refractivity contribution is 8.27. The van der Waals surface area contributed by atoms with Gasteiger partial charge in [-0.15, -0.1) is 0 Å². The second kappa shape index (κ2) is 7.15. The molecular formula is C18H14FNO2S2. The first-order chi connectivity index (χ1) is 11.6. The Labute approximate surface area is 149 Å². The quantitative estimate of drug-likeness (QED) is 0.588. The summed E-state index contributed by atoms with van der Waals surface area (Å²) in [5.41, 5.74) is 0.954. The normalized spacial score (nSPS) is 16.1. The van der Waals surface area contributed by atoms with Crippen LogP contribution in [0.1, 0.15) is 12.5 Å². The minimum absolute atomic E-state index is 0.168. The number of rotatable bonds is 4. The Hall–Kier alpha value is -2.18. The van der Waals surface area contributed by atoms with Crippen molar-refractivity contribution in [1.82, 2.24) is 0 Å². The monoisotopic (exact) mass is 359 g/mol. The van der Waals surface area contributed by atoms with Gasteiger partial charge in [-0.3, -0.25) is 9.69 Å². The topological polar surface area (TPSA) is 29.5 Å². The number of para-hydroxylation sites is 2. The molecule has 122 valence electrons. The molecule has 0 saturated carbocycles. The van der Waals surface area contributed by atoms with Crippen LogP contribution in [0.5, 0.6) is 5.75 Å². The lowest BCUT2D eigenvalue weighted by Gasteiger charge is -2.14. The third-order valence-electron chi connectivity index (χ3n) is 3.39. The lowest BCUT2D eigenvalue weighted by atomic mass is 10.2. The van der Waals surface area contributed by atoms with Crippen LogP contribution in [0.25, 0.3) is 6.08 Å². The Balaban J connectivity index is 1.96. The number of nitrogens with zero attached hydrogens (tertiary/aromatic N) is 1. The molecule has 0 aromatic heterocycles. The predicted molar refractivity (Wildman–Crippen MR) is 99.7 cm³/mol. The Bertz CT molecular complexity index is 835. The molecule has 1 fully saturated rings. The zero-order valence-corrected chi connectivity index (χ0v) is 14.5. The molecular weight excluding hydrogens is 345 g/mol. The zero-order chi connectivity index (χ0) is 17.1. The first-order valence-corrected chi connectivity index (χ1v) is 8.58. The number of halogens is 1. The number of thiocarbonyl (C=S) groups is 1. The molecule has 0 unspecified atom stereocenters. The highest BCUT2D eigenvalue weighted by Gasteiger charge is 2.34. The molecule has 0 N–H and O–H groups in total. The molecule has 0 aliphatic carbocycles. The number of anilines is 1. The van der Waals surface area contributed by atoms with Gasteiger partial charge in [0.05, 0.1) is 17.2 Å². The first kappa shape index (κ1) is 16.7. The van der Waals surface area contributed by atoms with Crippen LogP contribution in [0.2, 0.25) is 0 Å². The molecule has 0 bridgehead atoms. The average molecular weight is 359 g/mol. The maximum absolute atomic E-state index is 14.0. The lowest BCUT2D eigenvalue weighted by Crippen LogP contribution is -2.28. The van der Waals surface area contributed by atoms with Gasteiger partial charge in [0.1, 0.15) is 11.6 Å². The fraction of sp³-hybridized carbons (Fsp3) is 0.111. The van der Waals surface area contributed by atoms with E-state index < -0.39 is 5.82 Å². The fourth-order valence-electron chi connectivity index (χ4n) is 2.34. The van der Waals surface area contributed by atoms with E-state index in [1.54, 1.807) is 18.2 Å². The van der Waals surface area contributed by atoms with E-state index in [1.165, 1.54) is 17.0 Å². The number of hydrogen-bond donors (Lipinski definition) is 0. The van der Waals surface area contributed by atoms with Crippen LogP contribution in [0.4, 0.5) is 10.1 Å². The largest absolute Gasteiger partial charge is 0.493 e. The van der Waals surface area contributed by atoms with Crippen molar-refractivity contribution in [2.24, 2.45) is 0 Å². The van der Waals surface area contributed by atoms with Gasteiger partial charge in [-0.2, -0.15) is 0 Å². The minimum atomic E-state index is -0.482. The van der Waals surface area contributed by atoms with Gasteiger partial charge in [0.25, 0.3) is 5.91 Å². The molecule has 1 amide bonds. The highest BCUT2D eigenvalue weighted by Crippen LogP contribution is 2.37. The van der Waals surface area contributed by atoms with E-state index in [1.807, 2.05) is 31.2 Å². The van der Waals surface area contributed by atoms with Gasteiger partial charge < -0.3 is 4.74 Å². The van der Waals surface area contributed by atoms with E-state index >= 15 is 0 Å². The molecule has 2 aromatic carbocycles. The molecule has 1 aliphatic heterocycles. The molecule has 1 aliphatic rings. The van der Waals surface area contributed by atoms with Crippen LogP contribution in [0.3, 0.4) is 0 Å². The number of amides is 1. The third-order valence-corrected chi connectivity index (χ3v) is 4.69. The van der Waals surface area contributed by atoms with E-state index in [-0.39, 0.29) is 11.6 Å². The highest BCUT2D eigenvalue weighted by atomic mass is 32.2. The van der Waals surface area contributed by atoms with E-state index in [0.717, 1.165) is 17.3 Å². The summed E-state index contributed by atoms with van der Waals surface area (Å²) in [6, 6.07) is 13.5. The van der Waals surface area contributed by atoms with Crippen molar-refractivity contribution < 1.29 is 13.9 Å². The minimum Gasteiger partial charge on any atom is -0.493 e. The summed E-state index contributed by atoms with van der Waals surface area (Å²) in [7, 11) is 0. The molecule has 0 atom stereocenters. The van der Waals surface area contributed by atoms with Crippen molar-refractivity contribution in [3.63, 3.8) is 0 Å². The molecule has 24 heavy (non-hydrogen) atoms. The van der Waals surface area contributed by atoms with Gasteiger partial charge >= 0.3 is 0 Å². The summed E-state index contributed by atoms with van der Waals surface area (Å²) < 4.78 is 19.9. The smallest absolute Gasteiger partial charge is 0.270 e. The molecule has 0 spiro atoms. The SMILES string of the molecule is CCOc1ccccc1/C=C1\SC(=S)N(c2ccccc2F)C1=O. The number of ether oxygens (including phenoxy) is 1. The van der Waals surface area contributed by atoms with Crippen LogP contribution >= 0.6 is 24.0 Å². The summed E-state index contributed by atoms with van der Waals surface area (Å²) in [5.74, 6) is -0.123. The number of benzene rings is 2. The van der Waals surface area contributed by atoms with Crippen LogP contribution in [0.15, 0.2) is 53.4 Å². The van der Waals surface area contributed by atoms with Gasteiger partial charge in [0.2, 0.25) is 0 Å². The summed E-state index contributed by atoms with van der Waals surface area (Å²) in [6.45, 7) is 2.43. The number of carbonyl (C=O) groups is 1. The average Bonchev–Trinajstić information content (AvgIpc) is 2.84. The molecule has 1 saturated heterocycles. The maximum atomic E-state index is 14.0. The van der Waals surface area contributed by atoms with Gasteiger partial charge in [0, 0.05) is 5.56 Å². The van der Waals surface area contributed by atoms with Crippen molar-refractivity contribution in [1.29, 1.82) is 0 Å². The Morgan fingerprint density at radius 1 is 1.21 bits per heavy atom. The van der Waals surface area contributed by atoms with Gasteiger partial charge in [-0.1, -0.05) is 54.3 Å². The summed E-state index contributed by atoms with van der Waals surface area (Å²) in [5, 5.41) is 0. The van der Waals surface area contributed by atoms with Crippen LogP contribution in [-0.4, -0.2) is 16.8 Å². The molecule has 0 radical (unpaired) electrons. The Kier molecular flexibility index (Phi) is 4.97. The second-order valence-electron chi connectivity index (χ2n) is 4.94. The number of thioether (sulfide) groups is 1. The molecule has 1 heterocycles. The second-order valence-corrected chi connectivity index (χ2v) is 6.62. The Morgan fingerprint density at radius 3 is 2.67 bits per heavy atom. The standard InChI is InChI=1S/C18H14FNO2S2/c1-2-22-15-10-6-3-7-12(15)11-16-17(21)20(18(23)24-16)14-9-5-4-8-13(14)19/h3-11H,2H2,1H3/b16-11-. The van der Waals surface area contributed by atoms with Gasteiger partial charge in [-0.05, 0) is 31.2 Å². The van der Waals surface area contributed by atoms with Crippen LogP contribution in [0, 0.1) is 5.82 Å². The third kappa shape index (κ3) is 3.20. The fourth-order valence-corrected chi connectivity index (χ4v) is 3.61. The van der Waals surface area contributed by atoms with Crippen LogP contribution < -0.4 is 9.64 Å². The summed E-state index contributed by atoms with van der Waals surface area (Å²) in [4.78, 5) is 14.4.